The first-order valence-electron chi connectivity index (χ1n) is 9.84. The highest BCUT2D eigenvalue weighted by Crippen LogP contribution is 2.41. The summed E-state index contributed by atoms with van der Waals surface area (Å²) in [6.45, 7) is 3.61. The highest BCUT2D eigenvalue weighted by molar-refractivity contribution is 5.90. The molecule has 4 heterocycles. The zero-order chi connectivity index (χ0) is 21.4. The molecule has 8 nitrogen and oxygen atoms in total. The maximum Gasteiger partial charge on any atom is 0.343 e. The Hall–Kier alpha value is -3.23. The molecule has 4 N–H and O–H groups in total. The van der Waals surface area contributed by atoms with E-state index < -0.39 is 11.6 Å². The quantitative estimate of drug-likeness (QED) is 0.432. The third kappa shape index (κ3) is 2.31. The number of hydrogen-bond donors (Lipinski definition) is 3. The van der Waals surface area contributed by atoms with Gasteiger partial charge in [-0.3, -0.25) is 4.79 Å². The molecule has 0 unspecified atom stereocenters. The number of hydrogen-bond acceptors (Lipinski definition) is 7. The molecule has 0 saturated heterocycles. The molecular formula is C22H21N3O5. The Morgan fingerprint density at radius 3 is 2.77 bits per heavy atom. The Morgan fingerprint density at radius 1 is 1.30 bits per heavy atom. The van der Waals surface area contributed by atoms with Crippen LogP contribution in [-0.2, 0) is 28.3 Å². The number of aromatic nitrogens is 2. The zero-order valence-corrected chi connectivity index (χ0v) is 16.6. The minimum atomic E-state index is -1.86. The van der Waals surface area contributed by atoms with Gasteiger partial charge in [0.05, 0.1) is 29.0 Å². The molecule has 5 rings (SSSR count). The molecule has 2 aliphatic heterocycles. The second-order valence-electron chi connectivity index (χ2n) is 7.95. The molecule has 0 fully saturated rings. The topological polar surface area (TPSA) is 128 Å². The fourth-order valence-corrected chi connectivity index (χ4v) is 4.62. The van der Waals surface area contributed by atoms with Gasteiger partial charge >= 0.3 is 5.97 Å². The summed E-state index contributed by atoms with van der Waals surface area (Å²) in [6.07, 6.45) is 0.0874. The maximum absolute atomic E-state index is 13.3. The van der Waals surface area contributed by atoms with Crippen molar-refractivity contribution >= 4 is 16.9 Å². The number of aliphatic hydroxyl groups is 1. The highest BCUT2D eigenvalue weighted by atomic mass is 16.6. The maximum atomic E-state index is 13.3. The van der Waals surface area contributed by atoms with E-state index in [-0.39, 0.29) is 48.0 Å². The number of fused-ring (bicyclic) bond motifs is 5. The van der Waals surface area contributed by atoms with Gasteiger partial charge in [-0.25, -0.2) is 9.78 Å². The summed E-state index contributed by atoms with van der Waals surface area (Å²) in [5, 5.41) is 21.7. The van der Waals surface area contributed by atoms with Crippen LogP contribution >= 0.6 is 0 Å². The van der Waals surface area contributed by atoms with Gasteiger partial charge in [-0.05, 0) is 43.2 Å². The number of cyclic esters (lactones) is 1. The van der Waals surface area contributed by atoms with E-state index in [9.17, 15) is 19.8 Å². The summed E-state index contributed by atoms with van der Waals surface area (Å²) < 4.78 is 6.68. The summed E-state index contributed by atoms with van der Waals surface area (Å²) in [5.74, 6) is -0.642. The van der Waals surface area contributed by atoms with Gasteiger partial charge in [-0.15, -0.1) is 0 Å². The summed E-state index contributed by atoms with van der Waals surface area (Å²) in [5.41, 5.74) is 8.04. The van der Waals surface area contributed by atoms with Crippen LogP contribution in [0, 0.1) is 0 Å². The molecule has 0 spiro atoms. The normalized spacial score (nSPS) is 20.5. The molecule has 8 heteroatoms. The molecule has 0 amide bonds. The van der Waals surface area contributed by atoms with E-state index in [1.165, 1.54) is 0 Å². The van der Waals surface area contributed by atoms with Crippen LogP contribution in [0.15, 0.2) is 29.1 Å². The van der Waals surface area contributed by atoms with Gasteiger partial charge in [-0.2, -0.15) is 0 Å². The average Bonchev–Trinajstić information content (AvgIpc) is 3.07. The standard InChI is InChI=1S/C22H21N3O5/c1-3-22(29)15-7-17-19-13(8-25(17)20(27)14(15)9-30-21(22)28)18(10(2)23)12-6-11(26)4-5-16(12)24-19/h4-7,10,26,29H,3,8-9,23H2,1-2H3/t10-,22-/m0/s1. The lowest BCUT2D eigenvalue weighted by molar-refractivity contribution is -0.172. The molecule has 0 radical (unpaired) electrons. The largest absolute Gasteiger partial charge is 0.508 e. The van der Waals surface area contributed by atoms with Gasteiger partial charge in [0.2, 0.25) is 0 Å². The summed E-state index contributed by atoms with van der Waals surface area (Å²) in [7, 11) is 0. The third-order valence-corrected chi connectivity index (χ3v) is 6.17. The number of aromatic hydroxyl groups is 1. The van der Waals surface area contributed by atoms with Gasteiger partial charge in [0.25, 0.3) is 5.56 Å². The van der Waals surface area contributed by atoms with Crippen molar-refractivity contribution in [1.82, 2.24) is 9.55 Å². The molecule has 0 aliphatic carbocycles. The first kappa shape index (κ1) is 18.8. The van der Waals surface area contributed by atoms with Crippen LogP contribution in [0.2, 0.25) is 0 Å². The van der Waals surface area contributed by atoms with Crippen LogP contribution in [0.3, 0.4) is 0 Å². The second-order valence-corrected chi connectivity index (χ2v) is 7.95. The molecule has 2 atom stereocenters. The molecule has 0 bridgehead atoms. The molecule has 2 aromatic heterocycles. The summed E-state index contributed by atoms with van der Waals surface area (Å²) >= 11 is 0. The first-order valence-corrected chi connectivity index (χ1v) is 9.84. The number of ether oxygens (including phenoxy) is 1. The zero-order valence-electron chi connectivity index (χ0n) is 16.6. The molecular weight excluding hydrogens is 386 g/mol. The van der Waals surface area contributed by atoms with Gasteiger partial charge in [0, 0.05) is 22.6 Å². The van der Waals surface area contributed by atoms with Crippen molar-refractivity contribution in [2.24, 2.45) is 5.73 Å². The first-order chi connectivity index (χ1) is 14.3. The van der Waals surface area contributed by atoms with E-state index in [2.05, 4.69) is 0 Å². The summed E-state index contributed by atoms with van der Waals surface area (Å²) in [6, 6.07) is 6.20. The van der Waals surface area contributed by atoms with E-state index >= 15 is 0 Å². The van der Waals surface area contributed by atoms with Crippen LogP contribution in [0.4, 0.5) is 0 Å². The smallest absolute Gasteiger partial charge is 0.343 e. The number of phenolic OH excluding ortho intramolecular Hbond substituents is 1. The fourth-order valence-electron chi connectivity index (χ4n) is 4.62. The Balaban J connectivity index is 1.85. The van der Waals surface area contributed by atoms with Gasteiger partial charge in [0.15, 0.2) is 5.60 Å². The van der Waals surface area contributed by atoms with Crippen molar-refractivity contribution in [1.29, 1.82) is 0 Å². The number of carbonyl (C=O) groups is 1. The molecule has 154 valence electrons. The van der Waals surface area contributed by atoms with Crippen LogP contribution in [0.1, 0.15) is 48.6 Å². The van der Waals surface area contributed by atoms with Gasteiger partial charge in [-0.1, -0.05) is 6.92 Å². The Kier molecular flexibility index (Phi) is 3.84. The van der Waals surface area contributed by atoms with E-state index in [0.717, 1.165) is 16.5 Å². The van der Waals surface area contributed by atoms with Crippen molar-refractivity contribution in [3.8, 4) is 17.1 Å². The number of esters is 1. The van der Waals surface area contributed by atoms with E-state index in [0.29, 0.717) is 16.9 Å². The Morgan fingerprint density at radius 2 is 2.07 bits per heavy atom. The van der Waals surface area contributed by atoms with Crippen molar-refractivity contribution in [2.45, 2.75) is 45.1 Å². The molecule has 2 aliphatic rings. The van der Waals surface area contributed by atoms with Gasteiger partial charge in [0.1, 0.15) is 12.4 Å². The van der Waals surface area contributed by atoms with Crippen LogP contribution in [0.25, 0.3) is 22.3 Å². The van der Waals surface area contributed by atoms with E-state index in [1.54, 1.807) is 35.8 Å². The van der Waals surface area contributed by atoms with Crippen molar-refractivity contribution in [3.63, 3.8) is 0 Å². The average molecular weight is 407 g/mol. The molecule has 30 heavy (non-hydrogen) atoms. The Bertz CT molecular complexity index is 1310. The summed E-state index contributed by atoms with van der Waals surface area (Å²) in [4.78, 5) is 30.3. The van der Waals surface area contributed by atoms with Gasteiger partial charge < -0.3 is 25.3 Å². The fraction of sp³-hybridized carbons (Fsp3) is 0.318. The third-order valence-electron chi connectivity index (χ3n) is 6.17. The highest BCUT2D eigenvalue weighted by Gasteiger charge is 2.45. The lowest BCUT2D eigenvalue weighted by atomic mass is 9.86. The number of rotatable bonds is 2. The Labute approximate surface area is 171 Å². The van der Waals surface area contributed by atoms with Crippen LogP contribution in [-0.4, -0.2) is 25.7 Å². The molecule has 3 aromatic rings. The van der Waals surface area contributed by atoms with Crippen molar-refractivity contribution in [2.75, 3.05) is 0 Å². The SMILES string of the molecule is CC[C@@]1(O)C(=O)OCc2c1cc1n(c2=O)Cc2c-1nc1ccc(O)cc1c2[C@H](C)N. The number of carbonyl (C=O) groups excluding carboxylic acids is 1. The van der Waals surface area contributed by atoms with Crippen LogP contribution < -0.4 is 11.3 Å². The second kappa shape index (κ2) is 6.13. The molecule has 1 aromatic carbocycles. The number of nitrogens with zero attached hydrogens (tertiary/aromatic N) is 2. The lowest BCUT2D eigenvalue weighted by Gasteiger charge is -2.31. The number of phenols is 1. The van der Waals surface area contributed by atoms with Crippen molar-refractivity contribution in [3.05, 3.63) is 56.9 Å². The van der Waals surface area contributed by atoms with Crippen LogP contribution in [0.5, 0.6) is 5.75 Å². The number of nitrogens with two attached hydrogens (primary N) is 1. The minimum absolute atomic E-state index is 0.0874. The monoisotopic (exact) mass is 407 g/mol. The minimum Gasteiger partial charge on any atom is -0.508 e. The van der Waals surface area contributed by atoms with E-state index in [4.69, 9.17) is 15.5 Å². The predicted molar refractivity (Wildman–Crippen MR) is 109 cm³/mol. The predicted octanol–water partition coefficient (Wildman–Crippen LogP) is 1.80. The number of pyridine rings is 2. The number of benzene rings is 1. The van der Waals surface area contributed by atoms with Crippen molar-refractivity contribution < 1.29 is 19.7 Å². The molecule has 0 saturated carbocycles. The lowest BCUT2D eigenvalue weighted by Crippen LogP contribution is -2.44. The van der Waals surface area contributed by atoms with E-state index in [1.807, 2.05) is 6.92 Å².